The fourth-order valence-electron chi connectivity index (χ4n) is 3.13. The van der Waals surface area contributed by atoms with E-state index in [2.05, 4.69) is 5.32 Å². The van der Waals surface area contributed by atoms with Crippen molar-refractivity contribution in [1.29, 1.82) is 0 Å². The zero-order valence-electron chi connectivity index (χ0n) is 18.1. The molecule has 0 aliphatic carbocycles. The van der Waals surface area contributed by atoms with E-state index in [0.29, 0.717) is 18.7 Å². The van der Waals surface area contributed by atoms with Crippen molar-refractivity contribution in [2.75, 3.05) is 6.61 Å². The van der Waals surface area contributed by atoms with Crippen LogP contribution in [0.15, 0.2) is 48.5 Å². The normalized spacial score (nSPS) is 11.8. The molecule has 0 spiro atoms. The van der Waals surface area contributed by atoms with Gasteiger partial charge < -0.3 is 15.0 Å². The van der Waals surface area contributed by atoms with Gasteiger partial charge in [-0.2, -0.15) is 0 Å². The van der Waals surface area contributed by atoms with E-state index < -0.39 is 6.04 Å². The van der Waals surface area contributed by atoms with Crippen LogP contribution in [0.3, 0.4) is 0 Å². The molecule has 2 amide bonds. The van der Waals surface area contributed by atoms with Crippen LogP contribution in [0.5, 0.6) is 5.75 Å². The van der Waals surface area contributed by atoms with Crippen molar-refractivity contribution in [2.24, 2.45) is 0 Å². The van der Waals surface area contributed by atoms with Gasteiger partial charge in [0.2, 0.25) is 5.91 Å². The third-order valence-electron chi connectivity index (χ3n) is 4.74. The number of para-hydroxylation sites is 1. The summed E-state index contributed by atoms with van der Waals surface area (Å²) in [5.41, 5.74) is 3.10. The van der Waals surface area contributed by atoms with Gasteiger partial charge in [-0.15, -0.1) is 0 Å². The van der Waals surface area contributed by atoms with Gasteiger partial charge in [0.15, 0.2) is 6.61 Å². The van der Waals surface area contributed by atoms with Crippen LogP contribution in [0, 0.1) is 13.8 Å². The molecule has 0 saturated heterocycles. The topological polar surface area (TPSA) is 58.6 Å². The number of amides is 2. The standard InChI is InChI=1S/C24H32N2O3/c1-6-21(24(28)25-17(2)3)26(15-20-13-11-18(4)12-14-20)23(27)16-29-22-10-8-7-9-19(22)5/h7-14,17,21H,6,15-16H2,1-5H3,(H,25,28)/t21-/m0/s1. The number of ether oxygens (including phenoxy) is 1. The highest BCUT2D eigenvalue weighted by Gasteiger charge is 2.29. The number of benzene rings is 2. The number of carbonyl (C=O) groups excluding carboxylic acids is 2. The van der Waals surface area contributed by atoms with Crippen molar-refractivity contribution in [3.8, 4) is 5.75 Å². The quantitative estimate of drug-likeness (QED) is 0.697. The highest BCUT2D eigenvalue weighted by atomic mass is 16.5. The number of nitrogens with one attached hydrogen (secondary N) is 1. The molecule has 2 aromatic carbocycles. The Balaban J connectivity index is 2.21. The zero-order chi connectivity index (χ0) is 21.4. The zero-order valence-corrected chi connectivity index (χ0v) is 18.1. The van der Waals surface area contributed by atoms with Crippen molar-refractivity contribution >= 4 is 11.8 Å². The van der Waals surface area contributed by atoms with Gasteiger partial charge in [0.05, 0.1) is 0 Å². The molecule has 5 heteroatoms. The Bertz CT molecular complexity index is 815. The molecule has 0 aliphatic rings. The number of hydrogen-bond donors (Lipinski definition) is 1. The largest absolute Gasteiger partial charge is 0.484 e. The summed E-state index contributed by atoms with van der Waals surface area (Å²) in [7, 11) is 0. The van der Waals surface area contributed by atoms with E-state index in [9.17, 15) is 9.59 Å². The van der Waals surface area contributed by atoms with Gasteiger partial charge in [-0.3, -0.25) is 9.59 Å². The van der Waals surface area contributed by atoms with Crippen molar-refractivity contribution in [2.45, 2.75) is 59.7 Å². The number of rotatable bonds is 9. The summed E-state index contributed by atoms with van der Waals surface area (Å²) < 4.78 is 5.77. The Morgan fingerprint density at radius 1 is 1.03 bits per heavy atom. The fourth-order valence-corrected chi connectivity index (χ4v) is 3.13. The summed E-state index contributed by atoms with van der Waals surface area (Å²) in [6, 6.07) is 15.1. The molecule has 5 nitrogen and oxygen atoms in total. The molecule has 0 heterocycles. The predicted octanol–water partition coefficient (Wildman–Crippen LogP) is 4.01. The van der Waals surface area contributed by atoms with Gasteiger partial charge in [0.1, 0.15) is 11.8 Å². The van der Waals surface area contributed by atoms with E-state index in [-0.39, 0.29) is 24.5 Å². The lowest BCUT2D eigenvalue weighted by atomic mass is 10.1. The van der Waals surface area contributed by atoms with Gasteiger partial charge in [-0.1, -0.05) is 55.0 Å². The van der Waals surface area contributed by atoms with E-state index >= 15 is 0 Å². The van der Waals surface area contributed by atoms with Gasteiger partial charge >= 0.3 is 0 Å². The molecule has 0 fully saturated rings. The monoisotopic (exact) mass is 396 g/mol. The lowest BCUT2D eigenvalue weighted by Gasteiger charge is -2.31. The van der Waals surface area contributed by atoms with Crippen LogP contribution in [0.25, 0.3) is 0 Å². The van der Waals surface area contributed by atoms with Gasteiger partial charge in [-0.25, -0.2) is 0 Å². The Morgan fingerprint density at radius 3 is 2.28 bits per heavy atom. The number of nitrogens with zero attached hydrogens (tertiary/aromatic N) is 1. The number of hydrogen-bond acceptors (Lipinski definition) is 3. The minimum Gasteiger partial charge on any atom is -0.484 e. The van der Waals surface area contributed by atoms with Crippen LogP contribution in [-0.2, 0) is 16.1 Å². The van der Waals surface area contributed by atoms with Crippen molar-refractivity contribution in [1.82, 2.24) is 10.2 Å². The third kappa shape index (κ3) is 6.63. The summed E-state index contributed by atoms with van der Waals surface area (Å²) in [6.45, 7) is 9.96. The number of aryl methyl sites for hydroxylation is 2. The van der Waals surface area contributed by atoms with E-state index in [4.69, 9.17) is 4.74 Å². The first kappa shape index (κ1) is 22.5. The molecule has 0 bridgehead atoms. The molecular formula is C24H32N2O3. The molecular weight excluding hydrogens is 364 g/mol. The van der Waals surface area contributed by atoms with Crippen molar-refractivity contribution < 1.29 is 14.3 Å². The first-order valence-electron chi connectivity index (χ1n) is 10.2. The molecule has 0 aromatic heterocycles. The summed E-state index contributed by atoms with van der Waals surface area (Å²) in [6.07, 6.45) is 0.528. The van der Waals surface area contributed by atoms with Gasteiger partial charge in [0, 0.05) is 12.6 Å². The number of carbonyl (C=O) groups is 2. The Morgan fingerprint density at radius 2 is 1.69 bits per heavy atom. The van der Waals surface area contributed by atoms with Crippen LogP contribution < -0.4 is 10.1 Å². The smallest absolute Gasteiger partial charge is 0.261 e. The van der Waals surface area contributed by atoms with E-state index in [1.165, 1.54) is 0 Å². The van der Waals surface area contributed by atoms with Crippen molar-refractivity contribution in [3.63, 3.8) is 0 Å². The lowest BCUT2D eigenvalue weighted by Crippen LogP contribution is -2.51. The van der Waals surface area contributed by atoms with Crippen LogP contribution in [0.2, 0.25) is 0 Å². The minimum absolute atomic E-state index is 0.0103. The van der Waals surface area contributed by atoms with Crippen LogP contribution in [0.1, 0.15) is 43.9 Å². The van der Waals surface area contributed by atoms with Crippen LogP contribution in [-0.4, -0.2) is 35.4 Å². The Hall–Kier alpha value is -2.82. The maximum absolute atomic E-state index is 13.1. The first-order chi connectivity index (χ1) is 13.8. The van der Waals surface area contributed by atoms with E-state index in [0.717, 1.165) is 16.7 Å². The first-order valence-corrected chi connectivity index (χ1v) is 10.2. The Labute approximate surface area is 174 Å². The van der Waals surface area contributed by atoms with Crippen molar-refractivity contribution in [3.05, 3.63) is 65.2 Å². The van der Waals surface area contributed by atoms with E-state index in [1.54, 1.807) is 4.90 Å². The lowest BCUT2D eigenvalue weighted by molar-refractivity contribution is -0.143. The second-order valence-corrected chi connectivity index (χ2v) is 7.65. The highest BCUT2D eigenvalue weighted by molar-refractivity contribution is 5.88. The molecule has 1 atom stereocenters. The predicted molar refractivity (Wildman–Crippen MR) is 116 cm³/mol. The van der Waals surface area contributed by atoms with Gasteiger partial charge in [-0.05, 0) is 51.3 Å². The highest BCUT2D eigenvalue weighted by Crippen LogP contribution is 2.18. The summed E-state index contributed by atoms with van der Waals surface area (Å²) in [5.74, 6) is 0.328. The molecule has 2 rings (SSSR count). The maximum Gasteiger partial charge on any atom is 0.261 e. The summed E-state index contributed by atoms with van der Waals surface area (Å²) in [5, 5.41) is 2.93. The fraction of sp³-hybridized carbons (Fsp3) is 0.417. The molecule has 0 aliphatic heterocycles. The maximum atomic E-state index is 13.1. The molecule has 0 unspecified atom stereocenters. The minimum atomic E-state index is -0.549. The SMILES string of the molecule is CC[C@@H](C(=O)NC(C)C)N(Cc1ccc(C)cc1)C(=O)COc1ccccc1C. The molecule has 0 saturated carbocycles. The molecule has 29 heavy (non-hydrogen) atoms. The summed E-state index contributed by atoms with van der Waals surface area (Å²) in [4.78, 5) is 27.5. The summed E-state index contributed by atoms with van der Waals surface area (Å²) >= 11 is 0. The average molecular weight is 397 g/mol. The molecule has 0 radical (unpaired) electrons. The second-order valence-electron chi connectivity index (χ2n) is 7.65. The van der Waals surface area contributed by atoms with Crippen LogP contribution in [0.4, 0.5) is 0 Å². The third-order valence-corrected chi connectivity index (χ3v) is 4.74. The molecule has 1 N–H and O–H groups in total. The average Bonchev–Trinajstić information content (AvgIpc) is 2.68. The Kier molecular flexibility index (Phi) is 8.25. The second kappa shape index (κ2) is 10.6. The molecule has 156 valence electrons. The van der Waals surface area contributed by atoms with E-state index in [1.807, 2.05) is 83.1 Å². The van der Waals surface area contributed by atoms with Gasteiger partial charge in [0.25, 0.3) is 5.91 Å². The van der Waals surface area contributed by atoms with Crippen LogP contribution >= 0.6 is 0 Å². The molecule has 2 aromatic rings.